The lowest BCUT2D eigenvalue weighted by Crippen LogP contribution is -2.08. The Bertz CT molecular complexity index is 636. The highest BCUT2D eigenvalue weighted by molar-refractivity contribution is 8.02. The minimum Gasteiger partial charge on any atom is -0.461 e. The van der Waals surface area contributed by atoms with E-state index in [4.69, 9.17) is 9.47 Å². The molecule has 0 saturated heterocycles. The van der Waals surface area contributed by atoms with Gasteiger partial charge >= 0.3 is 11.9 Å². The van der Waals surface area contributed by atoms with Crippen LogP contribution in [0.5, 0.6) is 0 Å². The van der Waals surface area contributed by atoms with E-state index in [0.29, 0.717) is 35.9 Å². The summed E-state index contributed by atoms with van der Waals surface area (Å²) in [7, 11) is 0. The lowest BCUT2D eigenvalue weighted by Gasteiger charge is -2.13. The summed E-state index contributed by atoms with van der Waals surface area (Å²) in [5.74, 6) is 0.610. The zero-order chi connectivity index (χ0) is 19.7. The van der Waals surface area contributed by atoms with Crippen molar-refractivity contribution in [3.05, 3.63) is 47.6 Å². The second kappa shape index (κ2) is 11.1. The topological polar surface area (TPSA) is 52.6 Å². The number of thioether (sulfide) groups is 2. The second-order valence-corrected chi connectivity index (χ2v) is 8.19. The Balaban J connectivity index is 2.60. The van der Waals surface area contributed by atoms with Gasteiger partial charge in [-0.15, -0.1) is 23.5 Å². The SMILES string of the molecule is C=C(C)C(=O)OCCSc1cc(C)c(C)cc1SCCOC(=O)C(=C)C. The predicted molar refractivity (Wildman–Crippen MR) is 109 cm³/mol. The average molecular weight is 395 g/mol. The highest BCUT2D eigenvalue weighted by Crippen LogP contribution is 2.33. The van der Waals surface area contributed by atoms with Gasteiger partial charge in [0, 0.05) is 32.4 Å². The molecule has 0 aliphatic rings. The largest absolute Gasteiger partial charge is 0.461 e. The number of esters is 2. The van der Waals surface area contributed by atoms with Crippen molar-refractivity contribution in [2.45, 2.75) is 37.5 Å². The molecular formula is C20H26O4S2. The van der Waals surface area contributed by atoms with Crippen LogP contribution in [0.25, 0.3) is 0 Å². The molecule has 142 valence electrons. The van der Waals surface area contributed by atoms with Crippen LogP contribution < -0.4 is 0 Å². The maximum Gasteiger partial charge on any atom is 0.333 e. The molecular weight excluding hydrogens is 368 g/mol. The minimum absolute atomic E-state index is 0.337. The van der Waals surface area contributed by atoms with Crippen LogP contribution >= 0.6 is 23.5 Å². The summed E-state index contributed by atoms with van der Waals surface area (Å²) in [6.45, 7) is 15.2. The summed E-state index contributed by atoms with van der Waals surface area (Å²) in [5, 5.41) is 0. The summed E-state index contributed by atoms with van der Waals surface area (Å²) in [5.41, 5.74) is 3.23. The number of carbonyl (C=O) groups excluding carboxylic acids is 2. The van der Waals surface area contributed by atoms with Gasteiger partial charge in [-0.2, -0.15) is 0 Å². The maximum atomic E-state index is 11.4. The van der Waals surface area contributed by atoms with E-state index in [1.807, 2.05) is 0 Å². The van der Waals surface area contributed by atoms with E-state index < -0.39 is 0 Å². The first kappa shape index (κ1) is 22.4. The van der Waals surface area contributed by atoms with Crippen molar-refractivity contribution in [1.82, 2.24) is 0 Å². The first-order valence-corrected chi connectivity index (χ1v) is 10.2. The van der Waals surface area contributed by atoms with Gasteiger partial charge in [0.05, 0.1) is 0 Å². The molecule has 0 N–H and O–H groups in total. The lowest BCUT2D eigenvalue weighted by atomic mass is 10.1. The monoisotopic (exact) mass is 394 g/mol. The molecule has 0 bridgehead atoms. The molecule has 4 nitrogen and oxygen atoms in total. The van der Waals surface area contributed by atoms with Gasteiger partial charge in [-0.3, -0.25) is 0 Å². The van der Waals surface area contributed by atoms with Gasteiger partial charge < -0.3 is 9.47 Å². The summed E-state index contributed by atoms with van der Waals surface area (Å²) in [4.78, 5) is 25.1. The highest BCUT2D eigenvalue weighted by Gasteiger charge is 2.09. The van der Waals surface area contributed by atoms with Crippen LogP contribution in [0.1, 0.15) is 25.0 Å². The molecule has 1 aromatic carbocycles. The number of benzene rings is 1. The highest BCUT2D eigenvalue weighted by atomic mass is 32.2. The van der Waals surface area contributed by atoms with E-state index in [9.17, 15) is 9.59 Å². The summed E-state index contributed by atoms with van der Waals surface area (Å²) < 4.78 is 10.3. The number of carbonyl (C=O) groups is 2. The van der Waals surface area contributed by atoms with Crippen molar-refractivity contribution in [1.29, 1.82) is 0 Å². The molecule has 0 saturated carbocycles. The van der Waals surface area contributed by atoms with E-state index in [1.54, 1.807) is 37.4 Å². The van der Waals surface area contributed by atoms with Gasteiger partial charge in [-0.05, 0) is 51.0 Å². The number of rotatable bonds is 10. The molecule has 1 aromatic rings. The van der Waals surface area contributed by atoms with Gasteiger partial charge in [0.2, 0.25) is 0 Å². The van der Waals surface area contributed by atoms with Gasteiger partial charge in [0.1, 0.15) is 13.2 Å². The van der Waals surface area contributed by atoms with Crippen LogP contribution in [-0.2, 0) is 19.1 Å². The Labute approximate surface area is 164 Å². The Kier molecular flexibility index (Phi) is 9.59. The van der Waals surface area contributed by atoms with Crippen LogP contribution in [0.4, 0.5) is 0 Å². The molecule has 0 aliphatic heterocycles. The molecule has 6 heteroatoms. The van der Waals surface area contributed by atoms with E-state index in [0.717, 1.165) is 9.79 Å². The van der Waals surface area contributed by atoms with Crippen molar-refractivity contribution in [2.24, 2.45) is 0 Å². The molecule has 0 fully saturated rings. The number of hydrogen-bond donors (Lipinski definition) is 0. The van der Waals surface area contributed by atoms with Gasteiger partial charge in [0.15, 0.2) is 0 Å². The third-order valence-electron chi connectivity index (χ3n) is 3.41. The van der Waals surface area contributed by atoms with E-state index in [1.165, 1.54) is 11.1 Å². The van der Waals surface area contributed by atoms with Crippen LogP contribution in [0.3, 0.4) is 0 Å². The molecule has 0 unspecified atom stereocenters. The minimum atomic E-state index is -0.361. The molecule has 0 atom stereocenters. The molecule has 0 aromatic heterocycles. The van der Waals surface area contributed by atoms with Gasteiger partial charge in [-0.1, -0.05) is 13.2 Å². The summed E-state index contributed by atoms with van der Waals surface area (Å²) in [6, 6.07) is 4.28. The van der Waals surface area contributed by atoms with Crippen molar-refractivity contribution >= 4 is 35.5 Å². The van der Waals surface area contributed by atoms with Crippen molar-refractivity contribution in [2.75, 3.05) is 24.7 Å². The molecule has 0 amide bonds. The first-order chi connectivity index (χ1) is 12.2. The Morgan fingerprint density at radius 2 is 1.19 bits per heavy atom. The van der Waals surface area contributed by atoms with Crippen molar-refractivity contribution in [3.63, 3.8) is 0 Å². The normalized spacial score (nSPS) is 10.3. The molecule has 0 spiro atoms. The smallest absolute Gasteiger partial charge is 0.333 e. The van der Waals surface area contributed by atoms with Gasteiger partial charge in [-0.25, -0.2) is 9.59 Å². The first-order valence-electron chi connectivity index (χ1n) is 8.24. The molecule has 0 heterocycles. The molecule has 0 radical (unpaired) electrons. The fourth-order valence-electron chi connectivity index (χ4n) is 1.81. The maximum absolute atomic E-state index is 11.4. The summed E-state index contributed by atoms with van der Waals surface area (Å²) in [6.07, 6.45) is 0. The van der Waals surface area contributed by atoms with Crippen molar-refractivity contribution < 1.29 is 19.1 Å². The third-order valence-corrected chi connectivity index (χ3v) is 5.57. The van der Waals surface area contributed by atoms with E-state index >= 15 is 0 Å². The molecule has 0 aliphatic carbocycles. The Morgan fingerprint density at radius 1 is 0.846 bits per heavy atom. The number of aryl methyl sites for hydroxylation is 2. The molecule has 26 heavy (non-hydrogen) atoms. The molecule has 1 rings (SSSR count). The average Bonchev–Trinajstić information content (AvgIpc) is 2.58. The summed E-state index contributed by atoms with van der Waals surface area (Å²) >= 11 is 3.29. The lowest BCUT2D eigenvalue weighted by molar-refractivity contribution is -0.139. The fourth-order valence-corrected chi connectivity index (χ4v) is 3.86. The Hall–Kier alpha value is -1.66. The van der Waals surface area contributed by atoms with Crippen molar-refractivity contribution in [3.8, 4) is 0 Å². The predicted octanol–water partition coefficient (Wildman–Crippen LogP) is 4.73. The number of ether oxygens (including phenoxy) is 2. The van der Waals surface area contributed by atoms with Crippen LogP contribution in [0.2, 0.25) is 0 Å². The van der Waals surface area contributed by atoms with Gasteiger partial charge in [0.25, 0.3) is 0 Å². The quantitative estimate of drug-likeness (QED) is 0.248. The van der Waals surface area contributed by atoms with Crippen LogP contribution in [-0.4, -0.2) is 36.7 Å². The third kappa shape index (κ3) is 7.70. The van der Waals surface area contributed by atoms with Crippen LogP contribution in [0, 0.1) is 13.8 Å². The fraction of sp³-hybridized carbons (Fsp3) is 0.400. The zero-order valence-corrected chi connectivity index (χ0v) is 17.5. The number of hydrogen-bond acceptors (Lipinski definition) is 6. The van der Waals surface area contributed by atoms with E-state index in [2.05, 4.69) is 39.1 Å². The Morgan fingerprint density at radius 3 is 1.50 bits per heavy atom. The zero-order valence-electron chi connectivity index (χ0n) is 15.8. The standard InChI is InChI=1S/C20H26O4S2/c1-13(2)19(21)23-7-9-25-17-11-15(5)16(6)12-18(17)26-10-8-24-20(22)14(3)4/h11-12H,1,3,7-10H2,2,4-6H3. The van der Waals surface area contributed by atoms with E-state index in [-0.39, 0.29) is 11.9 Å². The second-order valence-electron chi connectivity index (χ2n) is 5.91. The van der Waals surface area contributed by atoms with Crippen LogP contribution in [0.15, 0.2) is 46.2 Å².